The molecule has 1 aliphatic rings. The van der Waals surface area contributed by atoms with E-state index in [-0.39, 0.29) is 5.91 Å². The maximum atomic E-state index is 11.9. The number of carbonyl (C=O) groups excluding carboxylic acids is 1. The van der Waals surface area contributed by atoms with E-state index in [1.54, 1.807) is 16.2 Å². The molecule has 0 spiro atoms. The molecule has 0 unspecified atom stereocenters. The van der Waals surface area contributed by atoms with Gasteiger partial charge in [-0.2, -0.15) is 4.98 Å². The molecule has 0 atom stereocenters. The maximum Gasteiger partial charge on any atom is 0.241 e. The van der Waals surface area contributed by atoms with Gasteiger partial charge in [0.25, 0.3) is 0 Å². The number of nitrogen functional groups attached to an aromatic ring is 1. The molecule has 7 nitrogen and oxygen atoms in total. The van der Waals surface area contributed by atoms with E-state index in [0.717, 1.165) is 27.5 Å². The number of hydrogen-bond donors (Lipinski definition) is 2. The molecule has 1 aliphatic heterocycles. The van der Waals surface area contributed by atoms with Crippen LogP contribution in [0.2, 0.25) is 0 Å². The Morgan fingerprint density at radius 1 is 1.40 bits per heavy atom. The van der Waals surface area contributed by atoms with Crippen LogP contribution in [-0.4, -0.2) is 47.5 Å². The first kappa shape index (κ1) is 13.1. The molecule has 106 valence electrons. The van der Waals surface area contributed by atoms with Crippen molar-refractivity contribution in [2.24, 2.45) is 5.84 Å². The van der Waals surface area contributed by atoms with Gasteiger partial charge in [-0.3, -0.25) is 10.2 Å². The van der Waals surface area contributed by atoms with Crippen LogP contribution >= 0.6 is 11.3 Å². The molecule has 3 rings (SSSR count). The molecule has 1 saturated heterocycles. The second-order valence-electron chi connectivity index (χ2n) is 4.83. The van der Waals surface area contributed by atoms with Crippen molar-refractivity contribution in [1.29, 1.82) is 0 Å². The first-order valence-corrected chi connectivity index (χ1v) is 7.14. The zero-order valence-corrected chi connectivity index (χ0v) is 12.2. The summed E-state index contributed by atoms with van der Waals surface area (Å²) in [5.74, 6) is 6.67. The SMILES string of the molecule is Cc1cc2c(N3CCN(C)C(=O)C3)nc(NN)nc2s1. The summed E-state index contributed by atoms with van der Waals surface area (Å²) in [4.78, 5) is 26.4. The van der Waals surface area contributed by atoms with Gasteiger partial charge < -0.3 is 9.80 Å². The van der Waals surface area contributed by atoms with Crippen molar-refractivity contribution in [2.75, 3.05) is 37.0 Å². The Balaban J connectivity index is 2.07. The van der Waals surface area contributed by atoms with Crippen molar-refractivity contribution in [3.05, 3.63) is 10.9 Å². The number of rotatable bonds is 2. The van der Waals surface area contributed by atoms with Crippen LogP contribution in [0.25, 0.3) is 10.2 Å². The Morgan fingerprint density at radius 2 is 2.20 bits per heavy atom. The van der Waals surface area contributed by atoms with Gasteiger partial charge in [-0.05, 0) is 13.0 Å². The van der Waals surface area contributed by atoms with Crippen LogP contribution in [0.5, 0.6) is 0 Å². The van der Waals surface area contributed by atoms with Gasteiger partial charge in [0.15, 0.2) is 0 Å². The van der Waals surface area contributed by atoms with Gasteiger partial charge in [-0.15, -0.1) is 11.3 Å². The van der Waals surface area contributed by atoms with E-state index in [9.17, 15) is 4.79 Å². The van der Waals surface area contributed by atoms with Gasteiger partial charge in [0.2, 0.25) is 11.9 Å². The van der Waals surface area contributed by atoms with Gasteiger partial charge in [0.05, 0.1) is 11.9 Å². The number of nitrogens with zero attached hydrogens (tertiary/aromatic N) is 4. The normalized spacial score (nSPS) is 16.1. The zero-order valence-electron chi connectivity index (χ0n) is 11.4. The standard InChI is InChI=1S/C12H16N6OS/c1-7-5-8-10(14-12(16-13)15-11(8)20-7)18-4-3-17(2)9(19)6-18/h5H,3-4,6,13H2,1-2H3,(H,14,15,16). The average Bonchev–Trinajstić information content (AvgIpc) is 2.80. The fourth-order valence-electron chi connectivity index (χ4n) is 2.27. The van der Waals surface area contributed by atoms with Gasteiger partial charge in [-0.1, -0.05) is 0 Å². The summed E-state index contributed by atoms with van der Waals surface area (Å²) in [5, 5.41) is 0.976. The van der Waals surface area contributed by atoms with Crippen molar-refractivity contribution in [1.82, 2.24) is 14.9 Å². The fraction of sp³-hybridized carbons (Fsp3) is 0.417. The van der Waals surface area contributed by atoms with Crippen molar-refractivity contribution < 1.29 is 4.79 Å². The molecule has 8 heteroatoms. The molecular formula is C12H16N6OS. The second-order valence-corrected chi connectivity index (χ2v) is 6.06. The van der Waals surface area contributed by atoms with E-state index in [0.29, 0.717) is 19.0 Å². The lowest BCUT2D eigenvalue weighted by Crippen LogP contribution is -2.49. The molecule has 0 aromatic carbocycles. The highest BCUT2D eigenvalue weighted by molar-refractivity contribution is 7.18. The van der Waals surface area contributed by atoms with Crippen LogP contribution in [0.1, 0.15) is 4.88 Å². The molecule has 3 heterocycles. The highest BCUT2D eigenvalue weighted by Gasteiger charge is 2.24. The third-order valence-corrected chi connectivity index (χ3v) is 4.33. The number of anilines is 2. The Hall–Kier alpha value is -1.93. The lowest BCUT2D eigenvalue weighted by molar-refractivity contribution is -0.129. The smallest absolute Gasteiger partial charge is 0.241 e. The minimum atomic E-state index is 0.0946. The summed E-state index contributed by atoms with van der Waals surface area (Å²) in [5.41, 5.74) is 2.49. The van der Waals surface area contributed by atoms with Gasteiger partial charge in [0.1, 0.15) is 10.6 Å². The number of thiophene rings is 1. The molecule has 0 saturated carbocycles. The summed E-state index contributed by atoms with van der Waals surface area (Å²) in [6.07, 6.45) is 0. The molecule has 1 amide bonds. The van der Waals surface area contributed by atoms with E-state index in [2.05, 4.69) is 21.5 Å². The number of hydrazine groups is 1. The highest BCUT2D eigenvalue weighted by atomic mass is 32.1. The first-order chi connectivity index (χ1) is 9.58. The van der Waals surface area contributed by atoms with Crippen molar-refractivity contribution in [2.45, 2.75) is 6.92 Å². The molecule has 2 aromatic heterocycles. The van der Waals surface area contributed by atoms with Crippen LogP contribution < -0.4 is 16.2 Å². The molecule has 20 heavy (non-hydrogen) atoms. The Labute approximate surface area is 120 Å². The minimum Gasteiger partial charge on any atom is -0.345 e. The molecule has 0 aliphatic carbocycles. The lowest BCUT2D eigenvalue weighted by Gasteiger charge is -2.33. The molecular weight excluding hydrogens is 276 g/mol. The summed E-state index contributed by atoms with van der Waals surface area (Å²) in [6.45, 7) is 3.81. The van der Waals surface area contributed by atoms with Gasteiger partial charge >= 0.3 is 0 Å². The number of aryl methyl sites for hydroxylation is 1. The molecule has 2 aromatic rings. The summed E-state index contributed by atoms with van der Waals surface area (Å²) >= 11 is 1.59. The van der Waals surface area contributed by atoms with Crippen LogP contribution in [-0.2, 0) is 4.79 Å². The zero-order chi connectivity index (χ0) is 14.3. The van der Waals surface area contributed by atoms with Crippen LogP contribution in [0.15, 0.2) is 6.07 Å². The number of aromatic nitrogens is 2. The van der Waals surface area contributed by atoms with E-state index in [4.69, 9.17) is 5.84 Å². The van der Waals surface area contributed by atoms with Gasteiger partial charge in [0, 0.05) is 25.0 Å². The van der Waals surface area contributed by atoms with Gasteiger partial charge in [-0.25, -0.2) is 10.8 Å². The fourth-order valence-corrected chi connectivity index (χ4v) is 3.15. The third-order valence-electron chi connectivity index (χ3n) is 3.38. The number of amides is 1. The number of carbonyl (C=O) groups is 1. The summed E-state index contributed by atoms with van der Waals surface area (Å²) in [6, 6.07) is 2.05. The first-order valence-electron chi connectivity index (χ1n) is 6.32. The van der Waals surface area contributed by atoms with Crippen molar-refractivity contribution >= 4 is 39.2 Å². The van der Waals surface area contributed by atoms with E-state index >= 15 is 0 Å². The third kappa shape index (κ3) is 2.16. The number of piperazine rings is 1. The van der Waals surface area contributed by atoms with Crippen molar-refractivity contribution in [3.8, 4) is 0 Å². The Morgan fingerprint density at radius 3 is 2.90 bits per heavy atom. The summed E-state index contributed by atoms with van der Waals surface area (Å²) in [7, 11) is 1.82. The lowest BCUT2D eigenvalue weighted by atomic mass is 10.2. The number of nitrogens with two attached hydrogens (primary N) is 1. The molecule has 0 radical (unpaired) electrons. The predicted octanol–water partition coefficient (Wildman–Crippen LogP) is 0.564. The number of likely N-dealkylation sites (N-methyl/N-ethyl adjacent to an activating group) is 1. The topological polar surface area (TPSA) is 87.4 Å². The monoisotopic (exact) mass is 292 g/mol. The molecule has 0 bridgehead atoms. The van der Waals surface area contributed by atoms with Crippen molar-refractivity contribution in [3.63, 3.8) is 0 Å². The Bertz CT molecular complexity index is 669. The largest absolute Gasteiger partial charge is 0.345 e. The van der Waals surface area contributed by atoms with Crippen LogP contribution in [0.4, 0.5) is 11.8 Å². The molecule has 3 N–H and O–H groups in total. The van der Waals surface area contributed by atoms with E-state index in [1.807, 2.05) is 18.9 Å². The van der Waals surface area contributed by atoms with E-state index < -0.39 is 0 Å². The van der Waals surface area contributed by atoms with E-state index in [1.165, 1.54) is 0 Å². The quantitative estimate of drug-likeness (QED) is 0.621. The number of nitrogens with one attached hydrogen (secondary N) is 1. The van der Waals surface area contributed by atoms with Crippen LogP contribution in [0, 0.1) is 6.92 Å². The summed E-state index contributed by atoms with van der Waals surface area (Å²) < 4.78 is 0. The Kier molecular flexibility index (Phi) is 3.19. The van der Waals surface area contributed by atoms with Crippen LogP contribution in [0.3, 0.4) is 0 Å². The highest BCUT2D eigenvalue weighted by Crippen LogP contribution is 2.32. The maximum absolute atomic E-state index is 11.9. The minimum absolute atomic E-state index is 0.0946. The second kappa shape index (κ2) is 4.88. The average molecular weight is 292 g/mol. The predicted molar refractivity (Wildman–Crippen MR) is 79.8 cm³/mol. The number of hydrogen-bond acceptors (Lipinski definition) is 7. The number of fused-ring (bicyclic) bond motifs is 1. The molecule has 1 fully saturated rings.